The van der Waals surface area contributed by atoms with Crippen LogP contribution in [0.2, 0.25) is 0 Å². The maximum atomic E-state index is 10.9. The number of methoxy groups -OCH3 is 1. The van der Waals surface area contributed by atoms with Crippen LogP contribution in [-0.2, 0) is 4.79 Å². The molecule has 5 heteroatoms. The van der Waals surface area contributed by atoms with Crippen molar-refractivity contribution in [2.45, 2.75) is 6.92 Å². The smallest absolute Gasteiger partial charge is 0.308 e. The zero-order chi connectivity index (χ0) is 11.3. The zero-order valence-corrected chi connectivity index (χ0v) is 8.43. The normalized spacial score (nSPS) is 10.3. The van der Waals surface area contributed by atoms with E-state index < -0.39 is 5.97 Å². The largest absolute Gasteiger partial charge is 0.493 e. The lowest BCUT2D eigenvalue weighted by atomic mass is 10.2. The van der Waals surface area contributed by atoms with E-state index in [1.807, 2.05) is 0 Å². The van der Waals surface area contributed by atoms with E-state index in [1.54, 1.807) is 18.2 Å². The van der Waals surface area contributed by atoms with Crippen LogP contribution in [0.15, 0.2) is 23.4 Å². The highest BCUT2D eigenvalue weighted by Crippen LogP contribution is 2.30. The van der Waals surface area contributed by atoms with Crippen LogP contribution in [0.3, 0.4) is 0 Å². The highest BCUT2D eigenvalue weighted by molar-refractivity contribution is 5.86. The van der Waals surface area contributed by atoms with Crippen molar-refractivity contribution in [3.63, 3.8) is 0 Å². The average molecular weight is 209 g/mol. The molecular weight excluding hydrogens is 198 g/mol. The number of oxime groups is 1. The summed E-state index contributed by atoms with van der Waals surface area (Å²) in [4.78, 5) is 10.9. The van der Waals surface area contributed by atoms with Crippen LogP contribution in [0.1, 0.15) is 12.5 Å². The monoisotopic (exact) mass is 209 g/mol. The summed E-state index contributed by atoms with van der Waals surface area (Å²) in [5, 5.41) is 11.3. The third-order valence-electron chi connectivity index (χ3n) is 1.67. The van der Waals surface area contributed by atoms with E-state index in [2.05, 4.69) is 5.16 Å². The highest BCUT2D eigenvalue weighted by Gasteiger charge is 2.11. The van der Waals surface area contributed by atoms with E-state index in [9.17, 15) is 4.79 Å². The average Bonchev–Trinajstić information content (AvgIpc) is 2.20. The van der Waals surface area contributed by atoms with Gasteiger partial charge in [-0.25, -0.2) is 0 Å². The zero-order valence-electron chi connectivity index (χ0n) is 8.43. The number of esters is 1. The summed E-state index contributed by atoms with van der Waals surface area (Å²) in [6.45, 7) is 1.28. The van der Waals surface area contributed by atoms with Gasteiger partial charge in [0.15, 0.2) is 11.5 Å². The van der Waals surface area contributed by atoms with Gasteiger partial charge in [-0.1, -0.05) is 11.2 Å². The predicted molar refractivity (Wildman–Crippen MR) is 53.7 cm³/mol. The third-order valence-corrected chi connectivity index (χ3v) is 1.67. The Morgan fingerprint density at radius 1 is 1.53 bits per heavy atom. The molecule has 0 aliphatic heterocycles. The molecule has 80 valence electrons. The summed E-state index contributed by atoms with van der Waals surface area (Å²) < 4.78 is 9.97. The van der Waals surface area contributed by atoms with Gasteiger partial charge < -0.3 is 14.7 Å². The molecule has 0 aromatic heterocycles. The molecule has 0 bridgehead atoms. The second kappa shape index (κ2) is 4.99. The number of para-hydroxylation sites is 1. The number of ether oxygens (including phenoxy) is 2. The standard InChI is InChI=1S/C10H11NO4/c1-7(12)15-10-8(6-11-13)4-3-5-9(10)14-2/h3-6,13H,1-2H3/b11-6-. The lowest BCUT2D eigenvalue weighted by molar-refractivity contribution is -0.132. The second-order valence-electron chi connectivity index (χ2n) is 2.72. The van der Waals surface area contributed by atoms with E-state index in [1.165, 1.54) is 20.2 Å². The van der Waals surface area contributed by atoms with Crippen LogP contribution in [0.4, 0.5) is 0 Å². The van der Waals surface area contributed by atoms with E-state index in [0.29, 0.717) is 11.3 Å². The Hall–Kier alpha value is -2.04. The number of nitrogens with zero attached hydrogens (tertiary/aromatic N) is 1. The maximum absolute atomic E-state index is 10.9. The Labute approximate surface area is 86.9 Å². The van der Waals surface area contributed by atoms with E-state index >= 15 is 0 Å². The van der Waals surface area contributed by atoms with Gasteiger partial charge in [-0.2, -0.15) is 0 Å². The number of hydrogen-bond donors (Lipinski definition) is 1. The Morgan fingerprint density at radius 2 is 2.27 bits per heavy atom. The third kappa shape index (κ3) is 2.70. The summed E-state index contributed by atoms with van der Waals surface area (Å²) in [5.41, 5.74) is 0.465. The molecule has 0 heterocycles. The van der Waals surface area contributed by atoms with Crippen molar-refractivity contribution in [3.8, 4) is 11.5 Å². The number of hydrogen-bond acceptors (Lipinski definition) is 5. The predicted octanol–water partition coefficient (Wildman–Crippen LogP) is 1.43. The van der Waals surface area contributed by atoms with Crippen molar-refractivity contribution >= 4 is 12.2 Å². The molecule has 0 spiro atoms. The van der Waals surface area contributed by atoms with Gasteiger partial charge in [0.1, 0.15) is 0 Å². The first-order valence-corrected chi connectivity index (χ1v) is 4.22. The molecular formula is C10H11NO4. The molecule has 0 unspecified atom stereocenters. The van der Waals surface area contributed by atoms with Crippen molar-refractivity contribution in [1.82, 2.24) is 0 Å². The quantitative estimate of drug-likeness (QED) is 0.269. The first kappa shape index (κ1) is 11.0. The fraction of sp³-hybridized carbons (Fsp3) is 0.200. The highest BCUT2D eigenvalue weighted by atomic mass is 16.6. The molecule has 1 aromatic rings. The van der Waals surface area contributed by atoms with Gasteiger partial charge in [-0.3, -0.25) is 4.79 Å². The molecule has 0 radical (unpaired) electrons. The van der Waals surface area contributed by atoms with Gasteiger partial charge in [0.25, 0.3) is 0 Å². The molecule has 0 aliphatic carbocycles. The summed E-state index contributed by atoms with van der Waals surface area (Å²) in [7, 11) is 1.46. The van der Waals surface area contributed by atoms with Crippen LogP contribution in [0.25, 0.3) is 0 Å². The second-order valence-corrected chi connectivity index (χ2v) is 2.72. The molecule has 1 aromatic carbocycles. The Morgan fingerprint density at radius 3 is 2.80 bits per heavy atom. The first-order valence-electron chi connectivity index (χ1n) is 4.22. The van der Waals surface area contributed by atoms with Gasteiger partial charge in [-0.05, 0) is 12.1 Å². The SMILES string of the molecule is COc1cccc(/C=N\O)c1OC(C)=O. The van der Waals surface area contributed by atoms with E-state index in [-0.39, 0.29) is 5.75 Å². The minimum absolute atomic E-state index is 0.241. The fourth-order valence-electron chi connectivity index (χ4n) is 1.11. The van der Waals surface area contributed by atoms with Crippen LogP contribution < -0.4 is 9.47 Å². The minimum Gasteiger partial charge on any atom is -0.493 e. The Kier molecular flexibility index (Phi) is 3.68. The summed E-state index contributed by atoms with van der Waals surface area (Å²) in [5.74, 6) is 0.181. The van der Waals surface area contributed by atoms with Gasteiger partial charge >= 0.3 is 5.97 Å². The van der Waals surface area contributed by atoms with Crippen molar-refractivity contribution in [2.24, 2.45) is 5.16 Å². The van der Waals surface area contributed by atoms with Gasteiger partial charge in [0, 0.05) is 12.5 Å². The lowest BCUT2D eigenvalue weighted by Gasteiger charge is -2.09. The molecule has 15 heavy (non-hydrogen) atoms. The summed E-state index contributed by atoms with van der Waals surface area (Å²) in [6.07, 6.45) is 1.17. The summed E-state index contributed by atoms with van der Waals surface area (Å²) in [6, 6.07) is 4.98. The molecule has 0 fully saturated rings. The Bertz CT molecular complexity index is 387. The topological polar surface area (TPSA) is 68.1 Å². The van der Waals surface area contributed by atoms with Gasteiger partial charge in [-0.15, -0.1) is 0 Å². The number of rotatable bonds is 3. The van der Waals surface area contributed by atoms with Crippen molar-refractivity contribution in [2.75, 3.05) is 7.11 Å². The lowest BCUT2D eigenvalue weighted by Crippen LogP contribution is -2.05. The van der Waals surface area contributed by atoms with E-state index in [0.717, 1.165) is 0 Å². The molecule has 0 saturated carbocycles. The van der Waals surface area contributed by atoms with Crippen LogP contribution in [0, 0.1) is 0 Å². The molecule has 0 saturated heterocycles. The molecule has 0 atom stereocenters. The van der Waals surface area contributed by atoms with E-state index in [4.69, 9.17) is 14.7 Å². The summed E-state index contributed by atoms with van der Waals surface area (Å²) >= 11 is 0. The van der Waals surface area contributed by atoms with Gasteiger partial charge in [0.05, 0.1) is 13.3 Å². The van der Waals surface area contributed by atoms with Gasteiger partial charge in [0.2, 0.25) is 0 Å². The molecule has 0 amide bonds. The van der Waals surface area contributed by atoms with Crippen LogP contribution >= 0.6 is 0 Å². The molecule has 0 aliphatic rings. The molecule has 1 N–H and O–H groups in total. The minimum atomic E-state index is -0.466. The number of benzene rings is 1. The number of carbonyl (C=O) groups excluding carboxylic acids is 1. The Balaban J connectivity index is 3.19. The van der Waals surface area contributed by atoms with Crippen molar-refractivity contribution < 1.29 is 19.5 Å². The molecule has 1 rings (SSSR count). The first-order chi connectivity index (χ1) is 7.19. The molecule has 5 nitrogen and oxygen atoms in total. The number of carbonyl (C=O) groups is 1. The van der Waals surface area contributed by atoms with Crippen molar-refractivity contribution in [1.29, 1.82) is 0 Å². The fourth-order valence-corrected chi connectivity index (χ4v) is 1.11. The van der Waals surface area contributed by atoms with Crippen LogP contribution in [0.5, 0.6) is 11.5 Å². The maximum Gasteiger partial charge on any atom is 0.308 e. The van der Waals surface area contributed by atoms with Crippen molar-refractivity contribution in [3.05, 3.63) is 23.8 Å². The van der Waals surface area contributed by atoms with Crippen LogP contribution in [-0.4, -0.2) is 24.5 Å².